The van der Waals surface area contributed by atoms with Crippen molar-refractivity contribution in [3.8, 4) is 0 Å². The Balaban J connectivity index is 1.44. The summed E-state index contributed by atoms with van der Waals surface area (Å²) in [5, 5.41) is 2.74. The molecule has 1 unspecified atom stereocenters. The van der Waals surface area contributed by atoms with E-state index in [1.807, 2.05) is 43.3 Å². The highest BCUT2D eigenvalue weighted by molar-refractivity contribution is 5.97. The van der Waals surface area contributed by atoms with Gasteiger partial charge in [0.1, 0.15) is 13.2 Å². The van der Waals surface area contributed by atoms with Crippen LogP contribution in [0.15, 0.2) is 48.8 Å². The van der Waals surface area contributed by atoms with Gasteiger partial charge in [-0.05, 0) is 36.6 Å². The first kappa shape index (κ1) is 17.1. The predicted molar refractivity (Wildman–Crippen MR) is 94.0 cm³/mol. The van der Waals surface area contributed by atoms with Crippen LogP contribution in [-0.4, -0.2) is 36.1 Å². The smallest absolute Gasteiger partial charge is 0.253 e. The summed E-state index contributed by atoms with van der Waals surface area (Å²) < 4.78 is 5.30. The summed E-state index contributed by atoms with van der Waals surface area (Å²) >= 11 is 0. The number of carbonyl (C=O) groups is 2. The number of benzene rings is 1. The van der Waals surface area contributed by atoms with Gasteiger partial charge in [-0.3, -0.25) is 14.6 Å². The average molecular weight is 339 g/mol. The van der Waals surface area contributed by atoms with Gasteiger partial charge in [0.25, 0.3) is 5.91 Å². The number of nitrogens with one attached hydrogen (secondary N) is 1. The summed E-state index contributed by atoms with van der Waals surface area (Å²) in [6.07, 6.45) is 4.21. The Labute approximate surface area is 146 Å². The number of hydrogen-bond donors (Lipinski definition) is 1. The van der Waals surface area contributed by atoms with E-state index in [9.17, 15) is 9.59 Å². The lowest BCUT2D eigenvalue weighted by atomic mass is 10.1. The molecule has 6 heteroatoms. The Morgan fingerprint density at radius 3 is 2.88 bits per heavy atom. The molecule has 1 aromatic carbocycles. The van der Waals surface area contributed by atoms with Crippen molar-refractivity contribution in [3.63, 3.8) is 0 Å². The number of ether oxygens (including phenoxy) is 1. The van der Waals surface area contributed by atoms with E-state index in [0.717, 1.165) is 23.2 Å². The van der Waals surface area contributed by atoms with Crippen molar-refractivity contribution in [1.82, 2.24) is 10.3 Å². The highest BCUT2D eigenvalue weighted by Crippen LogP contribution is 2.31. The van der Waals surface area contributed by atoms with Crippen LogP contribution in [0.4, 0.5) is 5.69 Å². The Bertz CT molecular complexity index is 749. The first-order valence-electron chi connectivity index (χ1n) is 8.28. The third-order valence-corrected chi connectivity index (χ3v) is 4.15. The molecule has 0 saturated heterocycles. The van der Waals surface area contributed by atoms with Gasteiger partial charge in [-0.15, -0.1) is 0 Å². The van der Waals surface area contributed by atoms with Crippen LogP contribution in [0.1, 0.15) is 18.1 Å². The maximum Gasteiger partial charge on any atom is 0.253 e. The number of fused-ring (bicyclic) bond motifs is 1. The van der Waals surface area contributed by atoms with Gasteiger partial charge in [0.15, 0.2) is 0 Å². The van der Waals surface area contributed by atoms with Crippen molar-refractivity contribution >= 4 is 17.5 Å². The number of anilines is 1. The lowest BCUT2D eigenvalue weighted by Gasteiger charge is -2.22. The molecule has 1 atom stereocenters. The summed E-state index contributed by atoms with van der Waals surface area (Å²) in [6.45, 7) is 2.15. The SMILES string of the molecule is CC1Cc2ccccc2N1C(=O)COCC(=O)NCc1cccnc1. The standard InChI is InChI=1S/C19H21N3O3/c1-14-9-16-6-2-3-7-17(16)22(14)19(24)13-25-12-18(23)21-11-15-5-4-8-20-10-15/h2-8,10,14H,9,11-13H2,1H3,(H,21,23). The predicted octanol–water partition coefficient (Wildman–Crippen LogP) is 1.69. The van der Waals surface area contributed by atoms with Crippen molar-refractivity contribution in [3.05, 3.63) is 59.9 Å². The minimum Gasteiger partial charge on any atom is -0.362 e. The number of para-hydroxylation sites is 1. The second kappa shape index (κ2) is 7.90. The van der Waals surface area contributed by atoms with E-state index in [1.54, 1.807) is 17.3 Å². The van der Waals surface area contributed by atoms with Crippen LogP contribution in [0.3, 0.4) is 0 Å². The number of nitrogens with zero attached hydrogens (tertiary/aromatic N) is 2. The zero-order valence-corrected chi connectivity index (χ0v) is 14.1. The monoisotopic (exact) mass is 339 g/mol. The Hall–Kier alpha value is -2.73. The lowest BCUT2D eigenvalue weighted by Crippen LogP contribution is -2.39. The Morgan fingerprint density at radius 2 is 2.08 bits per heavy atom. The number of amides is 2. The molecular weight excluding hydrogens is 318 g/mol. The fourth-order valence-corrected chi connectivity index (χ4v) is 3.00. The molecule has 6 nitrogen and oxygen atoms in total. The molecule has 3 rings (SSSR count). The summed E-state index contributed by atoms with van der Waals surface area (Å²) in [7, 11) is 0. The normalized spacial score (nSPS) is 15.7. The van der Waals surface area contributed by atoms with E-state index in [1.165, 1.54) is 0 Å². The molecule has 0 spiro atoms. The minimum absolute atomic E-state index is 0.105. The van der Waals surface area contributed by atoms with Crippen molar-refractivity contribution in [2.45, 2.75) is 25.9 Å². The highest BCUT2D eigenvalue weighted by Gasteiger charge is 2.30. The molecular formula is C19H21N3O3. The van der Waals surface area contributed by atoms with Gasteiger partial charge in [0.2, 0.25) is 5.91 Å². The first-order valence-corrected chi connectivity index (χ1v) is 8.28. The highest BCUT2D eigenvalue weighted by atomic mass is 16.5. The zero-order chi connectivity index (χ0) is 17.6. The summed E-state index contributed by atoms with van der Waals surface area (Å²) in [6, 6.07) is 11.7. The molecule has 0 saturated carbocycles. The number of rotatable bonds is 6. The quantitative estimate of drug-likeness (QED) is 0.869. The van der Waals surface area contributed by atoms with Crippen LogP contribution in [0.5, 0.6) is 0 Å². The van der Waals surface area contributed by atoms with E-state index in [-0.39, 0.29) is 31.1 Å². The molecule has 0 bridgehead atoms. The zero-order valence-electron chi connectivity index (χ0n) is 14.1. The second-order valence-corrected chi connectivity index (χ2v) is 6.08. The number of hydrogen-bond acceptors (Lipinski definition) is 4. The van der Waals surface area contributed by atoms with Crippen molar-refractivity contribution in [2.75, 3.05) is 18.1 Å². The second-order valence-electron chi connectivity index (χ2n) is 6.08. The van der Waals surface area contributed by atoms with Crippen LogP contribution < -0.4 is 10.2 Å². The summed E-state index contributed by atoms with van der Waals surface area (Å²) in [4.78, 5) is 30.0. The van der Waals surface area contributed by atoms with Crippen LogP contribution in [0.2, 0.25) is 0 Å². The maximum atomic E-state index is 12.4. The third kappa shape index (κ3) is 4.22. The molecule has 1 N–H and O–H groups in total. The lowest BCUT2D eigenvalue weighted by molar-refractivity contribution is -0.129. The Kier molecular flexibility index (Phi) is 5.40. The third-order valence-electron chi connectivity index (χ3n) is 4.15. The number of aromatic nitrogens is 1. The van der Waals surface area contributed by atoms with E-state index < -0.39 is 0 Å². The average Bonchev–Trinajstić information content (AvgIpc) is 2.96. The molecule has 2 amide bonds. The van der Waals surface area contributed by atoms with Gasteiger partial charge < -0.3 is 15.0 Å². The van der Waals surface area contributed by atoms with E-state index in [4.69, 9.17) is 4.74 Å². The summed E-state index contributed by atoms with van der Waals surface area (Å²) in [5.74, 6) is -0.385. The number of pyridine rings is 1. The fraction of sp³-hybridized carbons (Fsp3) is 0.316. The van der Waals surface area contributed by atoms with Crippen molar-refractivity contribution in [1.29, 1.82) is 0 Å². The van der Waals surface area contributed by atoms with Crippen molar-refractivity contribution in [2.24, 2.45) is 0 Å². The van der Waals surface area contributed by atoms with Gasteiger partial charge in [0.05, 0.1) is 0 Å². The van der Waals surface area contributed by atoms with E-state index in [2.05, 4.69) is 10.3 Å². The van der Waals surface area contributed by atoms with Gasteiger partial charge >= 0.3 is 0 Å². The Morgan fingerprint density at radius 1 is 1.24 bits per heavy atom. The minimum atomic E-state index is -0.258. The van der Waals surface area contributed by atoms with Crippen LogP contribution in [0, 0.1) is 0 Å². The van der Waals surface area contributed by atoms with Crippen LogP contribution in [0.25, 0.3) is 0 Å². The van der Waals surface area contributed by atoms with Gasteiger partial charge in [-0.25, -0.2) is 0 Å². The van der Waals surface area contributed by atoms with Gasteiger partial charge in [-0.2, -0.15) is 0 Å². The van der Waals surface area contributed by atoms with Crippen LogP contribution >= 0.6 is 0 Å². The summed E-state index contributed by atoms with van der Waals surface area (Å²) in [5.41, 5.74) is 3.01. The van der Waals surface area contributed by atoms with E-state index in [0.29, 0.717) is 6.54 Å². The molecule has 2 heterocycles. The van der Waals surface area contributed by atoms with E-state index >= 15 is 0 Å². The molecule has 1 aliphatic rings. The first-order chi connectivity index (χ1) is 12.1. The molecule has 25 heavy (non-hydrogen) atoms. The molecule has 0 radical (unpaired) electrons. The van der Waals surface area contributed by atoms with Gasteiger partial charge in [-0.1, -0.05) is 24.3 Å². The fourth-order valence-electron chi connectivity index (χ4n) is 3.00. The topological polar surface area (TPSA) is 71.5 Å². The molecule has 0 fully saturated rings. The van der Waals surface area contributed by atoms with Crippen LogP contribution in [-0.2, 0) is 27.3 Å². The molecule has 130 valence electrons. The molecule has 2 aromatic rings. The maximum absolute atomic E-state index is 12.4. The molecule has 1 aliphatic heterocycles. The molecule has 0 aliphatic carbocycles. The number of carbonyl (C=O) groups excluding carboxylic acids is 2. The van der Waals surface area contributed by atoms with Crippen molar-refractivity contribution < 1.29 is 14.3 Å². The van der Waals surface area contributed by atoms with Gasteiger partial charge in [0, 0.05) is 30.7 Å². The largest absolute Gasteiger partial charge is 0.362 e. The molecule has 1 aromatic heterocycles.